The van der Waals surface area contributed by atoms with Crippen LogP contribution in [0.2, 0.25) is 0 Å². The molecule has 2 nitrogen and oxygen atoms in total. The molecule has 4 atom stereocenters. The largest absolute Gasteiger partial charge is 0.290 e. The van der Waals surface area contributed by atoms with Crippen molar-refractivity contribution >= 4 is 0 Å². The van der Waals surface area contributed by atoms with E-state index in [-0.39, 0.29) is 0 Å². The van der Waals surface area contributed by atoms with Crippen LogP contribution in [0.1, 0.15) is 280 Å². The van der Waals surface area contributed by atoms with Gasteiger partial charge in [-0.2, -0.15) is 0 Å². The maximum absolute atomic E-state index is 3.42. The van der Waals surface area contributed by atoms with Crippen LogP contribution in [0.3, 0.4) is 0 Å². The van der Waals surface area contributed by atoms with Crippen LogP contribution >= 0.6 is 0 Å². The average Bonchev–Trinajstić information content (AvgIpc) is 3.42. The van der Waals surface area contributed by atoms with Crippen molar-refractivity contribution in [3.05, 3.63) is 59.7 Å². The predicted molar refractivity (Wildman–Crippen MR) is 289 cm³/mol. The zero-order chi connectivity index (χ0) is 45.5. The van der Waals surface area contributed by atoms with Crippen LogP contribution < -0.4 is 0 Å². The summed E-state index contributed by atoms with van der Waals surface area (Å²) in [6.45, 7) is 0. The van der Waals surface area contributed by atoms with E-state index in [9.17, 15) is 0 Å². The third-order valence-electron chi connectivity index (χ3n) is 22.9. The van der Waals surface area contributed by atoms with Crippen LogP contribution in [0.15, 0.2) is 48.6 Å². The first-order valence-electron chi connectivity index (χ1n) is 31.7. The monoisotopic (exact) mass is 925 g/mol. The van der Waals surface area contributed by atoms with E-state index in [1.807, 2.05) is 11.1 Å². The summed E-state index contributed by atoms with van der Waals surface area (Å²) in [7, 11) is 0. The minimum Gasteiger partial charge on any atom is -0.290 e. The Hall–Kier alpha value is -1.38. The van der Waals surface area contributed by atoms with Crippen LogP contribution in [0.5, 0.6) is 0 Å². The Morgan fingerprint density at radius 1 is 0.265 bits per heavy atom. The van der Waals surface area contributed by atoms with E-state index in [0.717, 1.165) is 83.3 Å². The maximum atomic E-state index is 3.42. The molecule has 9 saturated carbocycles. The third-order valence-corrected chi connectivity index (χ3v) is 22.9. The van der Waals surface area contributed by atoms with Crippen LogP contribution in [0.4, 0.5) is 0 Å². The molecule has 11 rings (SSSR count). The number of rotatable bonds is 12. The van der Waals surface area contributed by atoms with E-state index < -0.39 is 0 Å². The smallest absolute Gasteiger partial charge is 0.0388 e. The fourth-order valence-electron chi connectivity index (χ4n) is 19.2. The Kier molecular flexibility index (Phi) is 17.3. The number of benzene rings is 1. The molecule has 0 saturated heterocycles. The van der Waals surface area contributed by atoms with Gasteiger partial charge in [0.2, 0.25) is 0 Å². The molecular formula is C66H104N2. The molecule has 9 fully saturated rings. The van der Waals surface area contributed by atoms with Crippen molar-refractivity contribution in [1.82, 2.24) is 9.80 Å². The summed E-state index contributed by atoms with van der Waals surface area (Å²) in [6, 6.07) is 14.9. The van der Waals surface area contributed by atoms with Crippen molar-refractivity contribution in [3.8, 4) is 0 Å². The molecule has 1 aromatic carbocycles. The number of nitrogens with zero attached hydrogens (tertiary/aromatic N) is 2. The maximum Gasteiger partial charge on any atom is 0.0388 e. The number of hydrogen-bond donors (Lipinski definition) is 0. The lowest BCUT2D eigenvalue weighted by atomic mass is 9.61. The van der Waals surface area contributed by atoms with Crippen molar-refractivity contribution in [2.24, 2.45) is 59.2 Å². The Morgan fingerprint density at radius 2 is 0.529 bits per heavy atom. The van der Waals surface area contributed by atoms with Gasteiger partial charge in [0.25, 0.3) is 0 Å². The molecule has 0 N–H and O–H groups in total. The molecule has 10 aliphatic rings. The molecule has 0 amide bonds. The Balaban J connectivity index is 0.888. The molecule has 4 unspecified atom stereocenters. The SMILES string of the molecule is C(=C\C1CCC(N(C2CCC(C3CCCCC3)CC2)C2c3ccccc3C(N(C3CCC(/C=C/C4CCCCC4)CC3)C3CCC(C4CCCCC4)CC3)C3CCCCC32)CC1)/C1CCCCC1. The molecule has 0 radical (unpaired) electrons. The first kappa shape index (κ1) is 48.9. The zero-order valence-corrected chi connectivity index (χ0v) is 44.0. The summed E-state index contributed by atoms with van der Waals surface area (Å²) >= 11 is 0. The standard InChI is InChI=1S/C66H104N2/c1-5-17-49(18-6-1)29-31-51-33-41-57(42-34-51)67(59-45-37-55(38-46-59)53-21-9-3-10-22-53)65-61-25-13-15-27-63(61)66(64-28-16-14-26-62(64)65)68(60-47-39-56(40-48-60)54-23-11-4-12-24-54)58-43-35-52(36-44-58)32-30-50-19-7-2-8-20-50/h13,15,25,27,29-32,49-60,62,64-66H,1-12,14,16-24,26,28,33-48H2/b31-29+,32-30+. The van der Waals surface area contributed by atoms with E-state index in [1.165, 1.54) is 257 Å². The Morgan fingerprint density at radius 3 is 0.868 bits per heavy atom. The molecule has 0 aliphatic heterocycles. The predicted octanol–water partition coefficient (Wildman–Crippen LogP) is 18.9. The van der Waals surface area contributed by atoms with Crippen molar-refractivity contribution < 1.29 is 0 Å². The second-order valence-corrected chi connectivity index (χ2v) is 26.7. The van der Waals surface area contributed by atoms with Crippen molar-refractivity contribution in [1.29, 1.82) is 0 Å². The molecule has 68 heavy (non-hydrogen) atoms. The van der Waals surface area contributed by atoms with Gasteiger partial charge in [-0.15, -0.1) is 0 Å². The molecular weight excluding hydrogens is 821 g/mol. The van der Waals surface area contributed by atoms with Gasteiger partial charge in [-0.1, -0.05) is 164 Å². The van der Waals surface area contributed by atoms with E-state index in [2.05, 4.69) is 58.4 Å². The van der Waals surface area contributed by atoms with E-state index in [0.29, 0.717) is 12.1 Å². The molecule has 10 aliphatic carbocycles. The first-order valence-corrected chi connectivity index (χ1v) is 31.7. The van der Waals surface area contributed by atoms with Gasteiger partial charge in [0.15, 0.2) is 0 Å². The third kappa shape index (κ3) is 11.5. The second kappa shape index (κ2) is 24.1. The van der Waals surface area contributed by atoms with Crippen molar-refractivity contribution in [3.63, 3.8) is 0 Å². The molecule has 0 heterocycles. The lowest BCUT2D eigenvalue weighted by Gasteiger charge is -2.59. The van der Waals surface area contributed by atoms with Gasteiger partial charge in [0.1, 0.15) is 0 Å². The van der Waals surface area contributed by atoms with Crippen LogP contribution in [0.25, 0.3) is 0 Å². The average molecular weight is 926 g/mol. The van der Waals surface area contributed by atoms with Gasteiger partial charge < -0.3 is 0 Å². The van der Waals surface area contributed by atoms with E-state index in [4.69, 9.17) is 0 Å². The summed E-state index contributed by atoms with van der Waals surface area (Å²) in [4.78, 5) is 6.83. The molecule has 0 aromatic heterocycles. The minimum atomic E-state index is 0.632. The highest BCUT2D eigenvalue weighted by molar-refractivity contribution is 5.38. The number of hydrogen-bond acceptors (Lipinski definition) is 2. The minimum absolute atomic E-state index is 0.632. The molecule has 0 spiro atoms. The lowest BCUT2D eigenvalue weighted by molar-refractivity contribution is -0.0749. The first-order chi connectivity index (χ1) is 33.7. The topological polar surface area (TPSA) is 6.48 Å². The highest BCUT2D eigenvalue weighted by Crippen LogP contribution is 2.59. The van der Waals surface area contributed by atoms with Gasteiger partial charge in [-0.3, -0.25) is 9.80 Å². The summed E-state index contributed by atoms with van der Waals surface area (Å²) in [6.07, 6.45) is 70.1. The summed E-state index contributed by atoms with van der Waals surface area (Å²) in [5.41, 5.74) is 3.67. The quantitative estimate of drug-likeness (QED) is 0.193. The van der Waals surface area contributed by atoms with E-state index >= 15 is 0 Å². The molecule has 378 valence electrons. The van der Waals surface area contributed by atoms with E-state index in [1.54, 1.807) is 0 Å². The summed E-state index contributed by atoms with van der Waals surface area (Å²) in [5.74, 6) is 9.13. The lowest BCUT2D eigenvalue weighted by Crippen LogP contribution is -2.57. The summed E-state index contributed by atoms with van der Waals surface area (Å²) in [5, 5.41) is 0. The molecule has 0 bridgehead atoms. The van der Waals surface area contributed by atoms with Gasteiger partial charge >= 0.3 is 0 Å². The Bertz CT molecular complexity index is 1560. The highest BCUT2D eigenvalue weighted by atomic mass is 15.3. The van der Waals surface area contributed by atoms with Crippen molar-refractivity contribution in [2.45, 2.75) is 293 Å². The Labute approximate surface area is 419 Å². The second-order valence-electron chi connectivity index (χ2n) is 26.7. The highest BCUT2D eigenvalue weighted by Gasteiger charge is 2.53. The zero-order valence-electron chi connectivity index (χ0n) is 44.0. The molecule has 2 heteroatoms. The van der Waals surface area contributed by atoms with Gasteiger partial charge in [-0.05, 0) is 212 Å². The van der Waals surface area contributed by atoms with Crippen LogP contribution in [-0.4, -0.2) is 34.0 Å². The number of fused-ring (bicyclic) bond motifs is 2. The summed E-state index contributed by atoms with van der Waals surface area (Å²) < 4.78 is 0. The fourth-order valence-corrected chi connectivity index (χ4v) is 19.2. The van der Waals surface area contributed by atoms with Gasteiger partial charge in [0.05, 0.1) is 0 Å². The number of allylic oxidation sites excluding steroid dienone is 4. The normalized spacial score (nSPS) is 39.1. The van der Waals surface area contributed by atoms with Crippen molar-refractivity contribution in [2.75, 3.05) is 0 Å². The van der Waals surface area contributed by atoms with Gasteiger partial charge in [0, 0.05) is 36.3 Å². The van der Waals surface area contributed by atoms with Crippen LogP contribution in [-0.2, 0) is 0 Å². The molecule has 1 aromatic rings. The van der Waals surface area contributed by atoms with Gasteiger partial charge in [-0.25, -0.2) is 0 Å². The van der Waals surface area contributed by atoms with Crippen LogP contribution in [0, 0.1) is 59.2 Å². The fraction of sp³-hybridized carbons (Fsp3) is 0.848.